The van der Waals surface area contributed by atoms with E-state index in [0.29, 0.717) is 13.2 Å². The second-order valence-corrected chi connectivity index (χ2v) is 5.47. The van der Waals surface area contributed by atoms with Crippen LogP contribution in [0.3, 0.4) is 0 Å². The minimum absolute atomic E-state index is 0.0524. The minimum Gasteiger partial charge on any atom is -0.348 e. The van der Waals surface area contributed by atoms with Gasteiger partial charge in [-0.1, -0.05) is 11.2 Å². The summed E-state index contributed by atoms with van der Waals surface area (Å²) in [5.41, 5.74) is -0.308. The SMILES string of the molecule is CN(CC1OCCO1)C(=O)c1ccc(-c2noc(C(F)(F)F)n2)cc1F. The molecule has 7 nitrogen and oxygen atoms in total. The molecule has 0 aliphatic carbocycles. The van der Waals surface area contributed by atoms with Crippen molar-refractivity contribution in [3.63, 3.8) is 0 Å². The number of carbonyl (C=O) groups excluding carboxylic acids is 1. The van der Waals surface area contributed by atoms with E-state index in [2.05, 4.69) is 14.7 Å². The van der Waals surface area contributed by atoms with Crippen LogP contribution >= 0.6 is 0 Å². The highest BCUT2D eigenvalue weighted by atomic mass is 19.4. The number of halogens is 4. The van der Waals surface area contributed by atoms with E-state index in [0.717, 1.165) is 12.1 Å². The predicted octanol–water partition coefficient (Wildman–Crippen LogP) is 2.34. The van der Waals surface area contributed by atoms with Gasteiger partial charge >= 0.3 is 12.1 Å². The molecule has 0 N–H and O–H groups in total. The molecule has 140 valence electrons. The van der Waals surface area contributed by atoms with Crippen LogP contribution in [0.5, 0.6) is 0 Å². The molecule has 0 unspecified atom stereocenters. The van der Waals surface area contributed by atoms with Crippen molar-refractivity contribution >= 4 is 5.91 Å². The first-order valence-electron chi connectivity index (χ1n) is 7.45. The lowest BCUT2D eigenvalue weighted by molar-refractivity contribution is -0.159. The van der Waals surface area contributed by atoms with E-state index in [1.807, 2.05) is 0 Å². The predicted molar refractivity (Wildman–Crippen MR) is 77.3 cm³/mol. The standard InChI is InChI=1S/C15H13F4N3O4/c1-22(7-11-24-4-5-25-11)13(23)9-3-2-8(6-10(9)16)12-20-14(26-21-12)15(17,18)19/h2-3,6,11H,4-5,7H2,1H3. The number of rotatable bonds is 4. The van der Waals surface area contributed by atoms with Crippen molar-refractivity contribution in [2.24, 2.45) is 0 Å². The number of alkyl halides is 3. The lowest BCUT2D eigenvalue weighted by atomic mass is 10.1. The average molecular weight is 375 g/mol. The van der Waals surface area contributed by atoms with Gasteiger partial charge in [-0.15, -0.1) is 0 Å². The Morgan fingerprint density at radius 3 is 2.58 bits per heavy atom. The molecular weight excluding hydrogens is 362 g/mol. The molecular formula is C15H13F4N3O4. The van der Waals surface area contributed by atoms with Crippen molar-refractivity contribution in [1.82, 2.24) is 15.0 Å². The lowest BCUT2D eigenvalue weighted by Crippen LogP contribution is -2.35. The summed E-state index contributed by atoms with van der Waals surface area (Å²) in [7, 11) is 1.45. The zero-order valence-corrected chi connectivity index (χ0v) is 13.4. The molecule has 1 saturated heterocycles. The lowest BCUT2D eigenvalue weighted by Gasteiger charge is -2.20. The van der Waals surface area contributed by atoms with Gasteiger partial charge in [0.05, 0.1) is 25.3 Å². The number of carbonyl (C=O) groups is 1. The molecule has 1 amide bonds. The average Bonchev–Trinajstić information content (AvgIpc) is 3.25. The van der Waals surface area contributed by atoms with Crippen LogP contribution < -0.4 is 0 Å². The molecule has 2 aromatic rings. The normalized spacial score (nSPS) is 15.4. The number of benzene rings is 1. The molecule has 1 aliphatic heterocycles. The summed E-state index contributed by atoms with van der Waals surface area (Å²) < 4.78 is 66.3. The van der Waals surface area contributed by atoms with Gasteiger partial charge in [-0.3, -0.25) is 4.79 Å². The Labute approximate surface area is 144 Å². The molecule has 0 spiro atoms. The van der Waals surface area contributed by atoms with E-state index in [9.17, 15) is 22.4 Å². The van der Waals surface area contributed by atoms with Crippen molar-refractivity contribution in [3.8, 4) is 11.4 Å². The maximum absolute atomic E-state index is 14.3. The quantitative estimate of drug-likeness (QED) is 0.764. The first kappa shape index (κ1) is 18.3. The zero-order valence-electron chi connectivity index (χ0n) is 13.4. The van der Waals surface area contributed by atoms with E-state index in [4.69, 9.17) is 9.47 Å². The van der Waals surface area contributed by atoms with E-state index in [1.165, 1.54) is 18.0 Å². The van der Waals surface area contributed by atoms with Gasteiger partial charge in [-0.05, 0) is 12.1 Å². The van der Waals surface area contributed by atoms with Crippen molar-refractivity contribution in [3.05, 3.63) is 35.5 Å². The van der Waals surface area contributed by atoms with Crippen LogP contribution in [0.1, 0.15) is 16.2 Å². The largest absolute Gasteiger partial charge is 0.471 e. The molecule has 1 fully saturated rings. The summed E-state index contributed by atoms with van der Waals surface area (Å²) in [5, 5.41) is 3.17. The number of amides is 1. The molecule has 2 heterocycles. The summed E-state index contributed by atoms with van der Waals surface area (Å²) >= 11 is 0. The fourth-order valence-corrected chi connectivity index (χ4v) is 2.31. The van der Waals surface area contributed by atoms with Crippen LogP contribution in [0.15, 0.2) is 22.7 Å². The molecule has 0 bridgehead atoms. The Morgan fingerprint density at radius 1 is 1.31 bits per heavy atom. The van der Waals surface area contributed by atoms with Crippen LogP contribution in [0, 0.1) is 5.82 Å². The Morgan fingerprint density at radius 2 is 2.00 bits per heavy atom. The third-order valence-corrected chi connectivity index (χ3v) is 3.59. The third-order valence-electron chi connectivity index (χ3n) is 3.59. The molecule has 1 aromatic heterocycles. The Kier molecular flexibility index (Phi) is 4.92. The number of likely N-dealkylation sites (N-methyl/N-ethyl adjacent to an activating group) is 1. The van der Waals surface area contributed by atoms with E-state index in [1.54, 1.807) is 0 Å². The molecule has 0 atom stereocenters. The second kappa shape index (κ2) is 7.00. The monoisotopic (exact) mass is 375 g/mol. The summed E-state index contributed by atoms with van der Waals surface area (Å²) in [6.07, 6.45) is -5.38. The van der Waals surface area contributed by atoms with E-state index < -0.39 is 35.9 Å². The highest BCUT2D eigenvalue weighted by Crippen LogP contribution is 2.29. The van der Waals surface area contributed by atoms with E-state index >= 15 is 0 Å². The van der Waals surface area contributed by atoms with Gasteiger partial charge in [0.15, 0.2) is 6.29 Å². The maximum Gasteiger partial charge on any atom is 0.471 e. The molecule has 0 radical (unpaired) electrons. The van der Waals surface area contributed by atoms with Crippen LogP contribution in [0.2, 0.25) is 0 Å². The topological polar surface area (TPSA) is 77.7 Å². The minimum atomic E-state index is -4.80. The zero-order chi connectivity index (χ0) is 18.9. The van der Waals surface area contributed by atoms with Gasteiger partial charge in [0, 0.05) is 12.6 Å². The van der Waals surface area contributed by atoms with Gasteiger partial charge in [-0.25, -0.2) is 4.39 Å². The van der Waals surface area contributed by atoms with Crippen molar-refractivity contribution < 1.29 is 36.4 Å². The van der Waals surface area contributed by atoms with Gasteiger partial charge in [0.1, 0.15) is 5.82 Å². The number of hydrogen-bond donors (Lipinski definition) is 0. The fourth-order valence-electron chi connectivity index (χ4n) is 2.31. The van der Waals surface area contributed by atoms with Crippen molar-refractivity contribution in [2.75, 3.05) is 26.8 Å². The number of ether oxygens (including phenoxy) is 2. The second-order valence-electron chi connectivity index (χ2n) is 5.47. The number of aromatic nitrogens is 2. The Hall–Kier alpha value is -2.53. The summed E-state index contributed by atoms with van der Waals surface area (Å²) in [5.74, 6) is -3.52. The molecule has 26 heavy (non-hydrogen) atoms. The van der Waals surface area contributed by atoms with Gasteiger partial charge in [0.25, 0.3) is 5.91 Å². The Bertz CT molecular complexity index is 802. The summed E-state index contributed by atoms with van der Waals surface area (Å²) in [6.45, 7) is 0.945. The molecule has 3 rings (SSSR count). The van der Waals surface area contributed by atoms with Crippen molar-refractivity contribution in [1.29, 1.82) is 0 Å². The summed E-state index contributed by atoms with van der Waals surface area (Å²) in [6, 6.07) is 3.25. The highest BCUT2D eigenvalue weighted by molar-refractivity contribution is 5.94. The smallest absolute Gasteiger partial charge is 0.348 e. The summed E-state index contributed by atoms with van der Waals surface area (Å²) in [4.78, 5) is 16.7. The van der Waals surface area contributed by atoms with E-state index in [-0.39, 0.29) is 17.7 Å². The molecule has 1 aromatic carbocycles. The molecule has 0 saturated carbocycles. The number of hydrogen-bond acceptors (Lipinski definition) is 6. The van der Waals surface area contributed by atoms with Crippen molar-refractivity contribution in [2.45, 2.75) is 12.5 Å². The first-order chi connectivity index (χ1) is 12.3. The number of nitrogens with zero attached hydrogens (tertiary/aromatic N) is 3. The molecule has 11 heteroatoms. The van der Waals surface area contributed by atoms with Crippen LogP contribution in [-0.2, 0) is 15.7 Å². The van der Waals surface area contributed by atoms with Gasteiger partial charge in [0.2, 0.25) is 5.82 Å². The fraction of sp³-hybridized carbons (Fsp3) is 0.400. The van der Waals surface area contributed by atoms with Crippen LogP contribution in [-0.4, -0.2) is 54.0 Å². The first-order valence-corrected chi connectivity index (χ1v) is 7.45. The third kappa shape index (κ3) is 3.83. The highest BCUT2D eigenvalue weighted by Gasteiger charge is 2.38. The molecule has 1 aliphatic rings. The van der Waals surface area contributed by atoms with Crippen LogP contribution in [0.4, 0.5) is 17.6 Å². The maximum atomic E-state index is 14.3. The van der Waals surface area contributed by atoms with Crippen LogP contribution in [0.25, 0.3) is 11.4 Å². The van der Waals surface area contributed by atoms with Gasteiger partial charge in [-0.2, -0.15) is 18.2 Å². The Balaban J connectivity index is 1.76. The van der Waals surface area contributed by atoms with Gasteiger partial charge < -0.3 is 18.9 Å².